The number of hydrogen-bond acceptors (Lipinski definition) is 6. The Morgan fingerprint density at radius 1 is 0.917 bits per heavy atom. The molecule has 0 amide bonds. The summed E-state index contributed by atoms with van der Waals surface area (Å²) in [7, 11) is 1.48. The molecule has 0 saturated carbocycles. The number of aromatic nitrogens is 2. The summed E-state index contributed by atoms with van der Waals surface area (Å²) in [5, 5.41) is 0. The summed E-state index contributed by atoms with van der Waals surface area (Å²) in [6.45, 7) is 1.37. The van der Waals surface area contributed by atoms with Gasteiger partial charge in [0, 0.05) is 37.0 Å². The molecule has 3 aromatic carbocycles. The highest BCUT2D eigenvalue weighted by Gasteiger charge is 2.49. The van der Waals surface area contributed by atoms with Crippen LogP contribution in [0.1, 0.15) is 23.5 Å². The number of anilines is 2. The van der Waals surface area contributed by atoms with Gasteiger partial charge in [-0.3, -0.25) is 9.69 Å². The second-order valence-electron chi connectivity index (χ2n) is 9.39. The van der Waals surface area contributed by atoms with Crippen molar-refractivity contribution in [1.82, 2.24) is 14.9 Å². The van der Waals surface area contributed by atoms with E-state index >= 15 is 0 Å². The van der Waals surface area contributed by atoms with Crippen LogP contribution in [0.25, 0.3) is 11.1 Å². The van der Waals surface area contributed by atoms with Crippen LogP contribution in [0.15, 0.2) is 97.3 Å². The molecule has 180 valence electrons. The number of ether oxygens (including phenoxy) is 1. The van der Waals surface area contributed by atoms with E-state index in [0.717, 1.165) is 16.8 Å². The fraction of sp³-hybridized carbons (Fsp3) is 0.233. The lowest BCUT2D eigenvalue weighted by atomic mass is 9.83. The number of esters is 1. The van der Waals surface area contributed by atoms with Crippen molar-refractivity contribution < 1.29 is 9.53 Å². The Balaban J connectivity index is 1.47. The molecule has 6 rings (SSSR count). The first kappa shape index (κ1) is 22.4. The lowest BCUT2D eigenvalue weighted by molar-refractivity contribution is -0.149. The molecule has 0 aliphatic carbocycles. The van der Waals surface area contributed by atoms with E-state index in [9.17, 15) is 4.79 Å². The van der Waals surface area contributed by atoms with Crippen LogP contribution in [0.5, 0.6) is 0 Å². The first-order valence-electron chi connectivity index (χ1n) is 12.3. The predicted molar refractivity (Wildman–Crippen MR) is 140 cm³/mol. The number of benzene rings is 3. The lowest BCUT2D eigenvalue weighted by Crippen LogP contribution is -2.54. The van der Waals surface area contributed by atoms with Gasteiger partial charge in [0.25, 0.3) is 0 Å². The average molecular weight is 477 g/mol. The maximum atomic E-state index is 13.0. The lowest BCUT2D eigenvalue weighted by Gasteiger charge is -2.42. The Kier molecular flexibility index (Phi) is 5.95. The van der Waals surface area contributed by atoms with Gasteiger partial charge in [-0.2, -0.15) is 0 Å². The van der Waals surface area contributed by atoms with Gasteiger partial charge in [0.2, 0.25) is 5.95 Å². The number of carbonyl (C=O) groups excluding carboxylic acids is 1. The SMILES string of the molecule is COC(=O)C1CC2c3cccc(-c4ccccc4)c3N(c3ncccn3)C2CN1Cc1ccccc1. The number of nitrogens with zero attached hydrogens (tertiary/aromatic N) is 4. The van der Waals surface area contributed by atoms with Crippen LogP contribution in [0, 0.1) is 0 Å². The van der Waals surface area contributed by atoms with E-state index in [0.29, 0.717) is 25.5 Å². The largest absolute Gasteiger partial charge is 0.468 e. The summed E-state index contributed by atoms with van der Waals surface area (Å²) in [5.41, 5.74) is 5.85. The summed E-state index contributed by atoms with van der Waals surface area (Å²) in [6, 6.07) is 28.9. The van der Waals surface area contributed by atoms with Crippen molar-refractivity contribution in [2.45, 2.75) is 31.0 Å². The van der Waals surface area contributed by atoms with Crippen LogP contribution in [0.4, 0.5) is 11.6 Å². The van der Waals surface area contributed by atoms with Crippen LogP contribution in [0.2, 0.25) is 0 Å². The molecule has 2 aliphatic heterocycles. The molecule has 2 aliphatic rings. The molecule has 3 heterocycles. The summed E-state index contributed by atoms with van der Waals surface area (Å²) in [5.74, 6) is 0.661. The molecule has 4 aromatic rings. The summed E-state index contributed by atoms with van der Waals surface area (Å²) < 4.78 is 5.28. The highest BCUT2D eigenvalue weighted by Crippen LogP contribution is 2.52. The third kappa shape index (κ3) is 3.93. The zero-order valence-electron chi connectivity index (χ0n) is 20.2. The molecule has 1 fully saturated rings. The molecule has 0 spiro atoms. The molecule has 6 nitrogen and oxygen atoms in total. The molecule has 0 bridgehead atoms. The van der Waals surface area contributed by atoms with Gasteiger partial charge in [0.05, 0.1) is 18.8 Å². The summed E-state index contributed by atoms with van der Waals surface area (Å²) >= 11 is 0. The van der Waals surface area contributed by atoms with E-state index in [1.54, 1.807) is 12.4 Å². The second-order valence-corrected chi connectivity index (χ2v) is 9.39. The Hall–Kier alpha value is -4.03. The van der Waals surface area contributed by atoms with Gasteiger partial charge >= 0.3 is 5.97 Å². The predicted octanol–water partition coefficient (Wildman–Crippen LogP) is 5.20. The van der Waals surface area contributed by atoms with E-state index in [1.165, 1.54) is 18.2 Å². The van der Waals surface area contributed by atoms with Crippen molar-refractivity contribution in [2.75, 3.05) is 18.6 Å². The minimum atomic E-state index is -0.318. The van der Waals surface area contributed by atoms with Crippen molar-refractivity contribution in [2.24, 2.45) is 0 Å². The van der Waals surface area contributed by atoms with Gasteiger partial charge in [0.1, 0.15) is 6.04 Å². The number of para-hydroxylation sites is 1. The Labute approximate surface area is 211 Å². The molecular weight excluding hydrogens is 448 g/mol. The summed E-state index contributed by atoms with van der Waals surface area (Å²) in [4.78, 5) is 26.9. The first-order valence-corrected chi connectivity index (χ1v) is 12.3. The first-order chi connectivity index (χ1) is 17.7. The van der Waals surface area contributed by atoms with Gasteiger partial charge in [-0.1, -0.05) is 78.9 Å². The van der Waals surface area contributed by atoms with Gasteiger partial charge in [-0.05, 0) is 29.2 Å². The standard InChI is InChI=1S/C30H28N4O2/c1-36-29(35)26-18-25-24-15-8-14-23(22-12-6-3-7-13-22)28(24)34(30-31-16-9-17-32-30)27(25)20-33(26)19-21-10-4-2-5-11-21/h2-17,25-27H,18-20H2,1H3. The molecule has 1 aromatic heterocycles. The smallest absolute Gasteiger partial charge is 0.323 e. The Morgan fingerprint density at radius 3 is 2.36 bits per heavy atom. The van der Waals surface area contributed by atoms with E-state index < -0.39 is 0 Å². The highest BCUT2D eigenvalue weighted by molar-refractivity contribution is 5.87. The maximum absolute atomic E-state index is 13.0. The van der Waals surface area contributed by atoms with Gasteiger partial charge < -0.3 is 9.64 Å². The van der Waals surface area contributed by atoms with Crippen molar-refractivity contribution >= 4 is 17.6 Å². The fourth-order valence-corrected chi connectivity index (χ4v) is 5.82. The zero-order valence-corrected chi connectivity index (χ0v) is 20.2. The zero-order chi connectivity index (χ0) is 24.5. The number of carbonyl (C=O) groups is 1. The summed E-state index contributed by atoms with van der Waals surface area (Å²) in [6.07, 6.45) is 4.27. The molecule has 36 heavy (non-hydrogen) atoms. The van der Waals surface area contributed by atoms with Crippen LogP contribution in [0.3, 0.4) is 0 Å². The highest BCUT2D eigenvalue weighted by atomic mass is 16.5. The van der Waals surface area contributed by atoms with Crippen molar-refractivity contribution in [1.29, 1.82) is 0 Å². The number of hydrogen-bond donors (Lipinski definition) is 0. The fourth-order valence-electron chi connectivity index (χ4n) is 5.82. The maximum Gasteiger partial charge on any atom is 0.323 e. The topological polar surface area (TPSA) is 58.6 Å². The van der Waals surface area contributed by atoms with Crippen molar-refractivity contribution in [3.63, 3.8) is 0 Å². The molecular formula is C30H28N4O2. The molecule has 6 heteroatoms. The molecule has 0 radical (unpaired) electrons. The Bertz CT molecular complexity index is 1350. The third-order valence-electron chi connectivity index (χ3n) is 7.40. The van der Waals surface area contributed by atoms with Gasteiger partial charge in [-0.25, -0.2) is 9.97 Å². The van der Waals surface area contributed by atoms with E-state index in [1.807, 2.05) is 30.3 Å². The minimum Gasteiger partial charge on any atom is -0.468 e. The van der Waals surface area contributed by atoms with E-state index in [4.69, 9.17) is 4.74 Å². The average Bonchev–Trinajstić information content (AvgIpc) is 3.27. The molecule has 1 saturated heterocycles. The second kappa shape index (κ2) is 9.55. The number of methoxy groups -OCH3 is 1. The quantitative estimate of drug-likeness (QED) is 0.369. The van der Waals surface area contributed by atoms with E-state index in [-0.39, 0.29) is 24.0 Å². The van der Waals surface area contributed by atoms with Crippen molar-refractivity contribution in [3.8, 4) is 11.1 Å². The molecule has 3 unspecified atom stereocenters. The molecule has 0 N–H and O–H groups in total. The van der Waals surface area contributed by atoms with Crippen LogP contribution >= 0.6 is 0 Å². The molecule has 3 atom stereocenters. The van der Waals surface area contributed by atoms with Gasteiger partial charge in [0.15, 0.2) is 0 Å². The van der Waals surface area contributed by atoms with E-state index in [2.05, 4.69) is 74.4 Å². The van der Waals surface area contributed by atoms with Crippen LogP contribution in [-0.4, -0.2) is 46.6 Å². The number of piperidine rings is 1. The normalized spacial score (nSPS) is 21.0. The number of rotatable bonds is 5. The van der Waals surface area contributed by atoms with Crippen molar-refractivity contribution in [3.05, 3.63) is 108 Å². The van der Waals surface area contributed by atoms with Crippen LogP contribution in [-0.2, 0) is 16.1 Å². The monoisotopic (exact) mass is 476 g/mol. The van der Waals surface area contributed by atoms with Gasteiger partial charge in [-0.15, -0.1) is 0 Å². The van der Waals surface area contributed by atoms with Crippen LogP contribution < -0.4 is 4.90 Å². The number of fused-ring (bicyclic) bond motifs is 3. The third-order valence-corrected chi connectivity index (χ3v) is 7.40. The number of likely N-dealkylation sites (tertiary alicyclic amines) is 1. The minimum absolute atomic E-state index is 0.0943. The Morgan fingerprint density at radius 2 is 1.64 bits per heavy atom.